The molecule has 10 heteroatoms. The third kappa shape index (κ3) is 5.68. The zero-order chi connectivity index (χ0) is 21.7. The van der Waals surface area contributed by atoms with Gasteiger partial charge in [-0.25, -0.2) is 12.8 Å². The van der Waals surface area contributed by atoms with E-state index < -0.39 is 21.9 Å². The molecule has 0 fully saturated rings. The summed E-state index contributed by atoms with van der Waals surface area (Å²) in [4.78, 5) is 0. The van der Waals surface area contributed by atoms with E-state index in [9.17, 15) is 17.9 Å². The number of aliphatic hydroxyl groups excluding tert-OH is 1. The first-order valence-electron chi connectivity index (χ1n) is 9.52. The highest BCUT2D eigenvalue weighted by Gasteiger charge is 2.13. The summed E-state index contributed by atoms with van der Waals surface area (Å²) < 4.78 is 44.2. The molecule has 0 bridgehead atoms. The highest BCUT2D eigenvalue weighted by Crippen LogP contribution is 2.23. The van der Waals surface area contributed by atoms with Crippen molar-refractivity contribution in [3.63, 3.8) is 0 Å². The quantitative estimate of drug-likeness (QED) is 0.363. The number of H-pyrrole nitrogens is 1. The lowest BCUT2D eigenvalue weighted by molar-refractivity contribution is 0.172. The van der Waals surface area contributed by atoms with Gasteiger partial charge in [0.15, 0.2) is 0 Å². The zero-order valence-corrected chi connectivity index (χ0v) is 17.6. The minimum atomic E-state index is -3.62. The smallest absolute Gasteiger partial charge is 0.229 e. The van der Waals surface area contributed by atoms with Crippen LogP contribution in [0.5, 0.6) is 5.75 Å². The number of aromatic amines is 1. The van der Waals surface area contributed by atoms with E-state index in [0.717, 1.165) is 35.3 Å². The van der Waals surface area contributed by atoms with E-state index in [-0.39, 0.29) is 12.2 Å². The second kappa shape index (κ2) is 9.41. The fourth-order valence-electron chi connectivity index (χ4n) is 3.04. The van der Waals surface area contributed by atoms with Gasteiger partial charge in [0.2, 0.25) is 10.0 Å². The number of nitrogens with zero attached hydrogens (tertiary/aromatic N) is 1. The minimum Gasteiger partial charge on any atom is -0.492 e. The standard InChI is InChI=1S/C20H25FN4O4S/c1-3-17-15-6-5-14(11-18(15)24-23-17)29-9-8-22-12-20(26)13-4-7-16(21)19(10-13)25-30(2,27)28/h4-7,10-11,20,22,25-26H,3,8-9,12H2,1-2H3,(H,23,24). The molecule has 0 saturated carbocycles. The molecule has 0 aliphatic heterocycles. The molecule has 3 rings (SSSR count). The molecule has 0 saturated heterocycles. The minimum absolute atomic E-state index is 0.196. The van der Waals surface area contributed by atoms with Crippen LogP contribution >= 0.6 is 0 Å². The topological polar surface area (TPSA) is 116 Å². The van der Waals surface area contributed by atoms with Crippen LogP contribution in [0.3, 0.4) is 0 Å². The van der Waals surface area contributed by atoms with Crippen molar-refractivity contribution in [2.75, 3.05) is 30.7 Å². The molecule has 0 radical (unpaired) electrons. The average molecular weight is 437 g/mol. The van der Waals surface area contributed by atoms with Crippen molar-refractivity contribution in [2.45, 2.75) is 19.4 Å². The first kappa shape index (κ1) is 22.0. The third-order valence-corrected chi connectivity index (χ3v) is 5.09. The van der Waals surface area contributed by atoms with E-state index in [0.29, 0.717) is 24.5 Å². The average Bonchev–Trinajstić information content (AvgIpc) is 3.10. The van der Waals surface area contributed by atoms with E-state index in [1.165, 1.54) is 12.1 Å². The normalized spacial score (nSPS) is 12.8. The number of benzene rings is 2. The second-order valence-corrected chi connectivity index (χ2v) is 8.66. The SMILES string of the molecule is CCc1n[nH]c2cc(OCCNCC(O)c3ccc(F)c(NS(C)(=O)=O)c3)ccc12. The first-order chi connectivity index (χ1) is 14.3. The number of halogens is 1. The number of fused-ring (bicyclic) bond motifs is 1. The van der Waals surface area contributed by atoms with Crippen molar-refractivity contribution in [3.05, 3.63) is 53.5 Å². The van der Waals surface area contributed by atoms with Gasteiger partial charge in [-0.1, -0.05) is 13.0 Å². The van der Waals surface area contributed by atoms with Gasteiger partial charge < -0.3 is 15.2 Å². The van der Waals surface area contributed by atoms with Crippen molar-refractivity contribution in [2.24, 2.45) is 0 Å². The molecule has 3 aromatic rings. The maximum Gasteiger partial charge on any atom is 0.229 e. The predicted molar refractivity (Wildman–Crippen MR) is 114 cm³/mol. The molecule has 0 aliphatic rings. The summed E-state index contributed by atoms with van der Waals surface area (Å²) in [7, 11) is -3.62. The van der Waals surface area contributed by atoms with Gasteiger partial charge >= 0.3 is 0 Å². The molecule has 30 heavy (non-hydrogen) atoms. The number of ether oxygens (including phenoxy) is 1. The number of aliphatic hydroxyl groups is 1. The van der Waals surface area contributed by atoms with Crippen LogP contribution in [0.15, 0.2) is 36.4 Å². The summed E-state index contributed by atoms with van der Waals surface area (Å²) in [5.74, 6) is 0.00389. The van der Waals surface area contributed by atoms with E-state index >= 15 is 0 Å². The Morgan fingerprint density at radius 3 is 2.80 bits per heavy atom. The summed E-state index contributed by atoms with van der Waals surface area (Å²) in [5, 5.41) is 21.7. The van der Waals surface area contributed by atoms with Crippen LogP contribution < -0.4 is 14.8 Å². The summed E-state index contributed by atoms with van der Waals surface area (Å²) >= 11 is 0. The Kier molecular flexibility index (Phi) is 6.91. The number of hydrogen-bond acceptors (Lipinski definition) is 6. The van der Waals surface area contributed by atoms with Gasteiger partial charge in [0.1, 0.15) is 18.2 Å². The van der Waals surface area contributed by atoms with E-state index in [1.54, 1.807) is 0 Å². The van der Waals surface area contributed by atoms with Crippen molar-refractivity contribution in [3.8, 4) is 5.75 Å². The molecular weight excluding hydrogens is 411 g/mol. The van der Waals surface area contributed by atoms with Gasteiger partial charge in [0.05, 0.1) is 29.3 Å². The monoisotopic (exact) mass is 436 g/mol. The summed E-state index contributed by atoms with van der Waals surface area (Å²) in [6.07, 6.45) is 0.857. The molecule has 2 aromatic carbocycles. The number of hydrogen-bond donors (Lipinski definition) is 4. The van der Waals surface area contributed by atoms with Crippen LogP contribution in [-0.2, 0) is 16.4 Å². The molecule has 0 spiro atoms. The third-order valence-electron chi connectivity index (χ3n) is 4.50. The first-order valence-corrected chi connectivity index (χ1v) is 11.4. The predicted octanol–water partition coefficient (Wildman–Crippen LogP) is 2.34. The molecule has 1 unspecified atom stereocenters. The van der Waals surface area contributed by atoms with E-state index in [2.05, 4.69) is 27.2 Å². The van der Waals surface area contributed by atoms with Gasteiger partial charge in [-0.05, 0) is 36.2 Å². The molecule has 1 atom stereocenters. The maximum absolute atomic E-state index is 13.7. The number of nitrogens with one attached hydrogen (secondary N) is 3. The molecule has 8 nitrogen and oxygen atoms in total. The molecule has 162 valence electrons. The van der Waals surface area contributed by atoms with Gasteiger partial charge in [-0.3, -0.25) is 9.82 Å². The van der Waals surface area contributed by atoms with Crippen molar-refractivity contribution < 1.29 is 22.7 Å². The largest absolute Gasteiger partial charge is 0.492 e. The number of rotatable bonds is 10. The molecule has 0 amide bonds. The molecule has 1 heterocycles. The Morgan fingerprint density at radius 1 is 1.27 bits per heavy atom. The summed E-state index contributed by atoms with van der Waals surface area (Å²) in [6.45, 7) is 3.12. The summed E-state index contributed by atoms with van der Waals surface area (Å²) in [6, 6.07) is 9.57. The Morgan fingerprint density at radius 2 is 2.07 bits per heavy atom. The molecule has 1 aromatic heterocycles. The van der Waals surface area contributed by atoms with Crippen molar-refractivity contribution in [1.82, 2.24) is 15.5 Å². The Labute approximate surface area is 174 Å². The Balaban J connectivity index is 1.48. The lowest BCUT2D eigenvalue weighted by Crippen LogP contribution is -2.26. The highest BCUT2D eigenvalue weighted by molar-refractivity contribution is 7.92. The van der Waals surface area contributed by atoms with E-state index in [1.807, 2.05) is 18.2 Å². The molecule has 4 N–H and O–H groups in total. The highest BCUT2D eigenvalue weighted by atomic mass is 32.2. The number of aryl methyl sites for hydroxylation is 1. The van der Waals surface area contributed by atoms with Crippen molar-refractivity contribution in [1.29, 1.82) is 0 Å². The Hall–Kier alpha value is -2.69. The van der Waals surface area contributed by atoms with Gasteiger partial charge in [0, 0.05) is 24.5 Å². The fraction of sp³-hybridized carbons (Fsp3) is 0.350. The second-order valence-electron chi connectivity index (χ2n) is 6.91. The fourth-order valence-corrected chi connectivity index (χ4v) is 3.60. The van der Waals surface area contributed by atoms with Crippen LogP contribution in [0.2, 0.25) is 0 Å². The molecular formula is C20H25FN4O4S. The number of aromatic nitrogens is 2. The number of anilines is 1. The maximum atomic E-state index is 13.7. The Bertz CT molecular complexity index is 1120. The zero-order valence-electron chi connectivity index (χ0n) is 16.8. The van der Waals surface area contributed by atoms with Gasteiger partial charge in [0.25, 0.3) is 0 Å². The van der Waals surface area contributed by atoms with Gasteiger partial charge in [-0.15, -0.1) is 0 Å². The summed E-state index contributed by atoms with van der Waals surface area (Å²) in [5.41, 5.74) is 2.13. The number of sulfonamides is 1. The molecule has 0 aliphatic carbocycles. The van der Waals surface area contributed by atoms with E-state index in [4.69, 9.17) is 4.74 Å². The van der Waals surface area contributed by atoms with Crippen LogP contribution in [-0.4, -0.2) is 49.7 Å². The van der Waals surface area contributed by atoms with Crippen LogP contribution in [0.25, 0.3) is 10.9 Å². The lowest BCUT2D eigenvalue weighted by atomic mass is 10.1. The lowest BCUT2D eigenvalue weighted by Gasteiger charge is -2.14. The van der Waals surface area contributed by atoms with Crippen LogP contribution in [0, 0.1) is 5.82 Å². The van der Waals surface area contributed by atoms with Crippen LogP contribution in [0.1, 0.15) is 24.3 Å². The van der Waals surface area contributed by atoms with Crippen molar-refractivity contribution >= 4 is 26.6 Å². The van der Waals surface area contributed by atoms with Crippen LogP contribution in [0.4, 0.5) is 10.1 Å². The van der Waals surface area contributed by atoms with Gasteiger partial charge in [-0.2, -0.15) is 5.10 Å².